The fourth-order valence-electron chi connectivity index (χ4n) is 4.13. The minimum Gasteiger partial charge on any atom is -0.494 e. The summed E-state index contributed by atoms with van der Waals surface area (Å²) in [5.74, 6) is -0.765. The molecule has 0 aliphatic rings. The summed E-state index contributed by atoms with van der Waals surface area (Å²) in [5, 5.41) is 16.0. The van der Waals surface area contributed by atoms with E-state index < -0.39 is 23.1 Å². The highest BCUT2D eigenvalue weighted by Crippen LogP contribution is 2.35. The van der Waals surface area contributed by atoms with Gasteiger partial charge in [0.25, 0.3) is 5.91 Å². The van der Waals surface area contributed by atoms with E-state index in [0.29, 0.717) is 39.5 Å². The van der Waals surface area contributed by atoms with Crippen LogP contribution < -0.4 is 15.4 Å². The number of hydrogen-bond donors (Lipinski definition) is 2. The second kappa shape index (κ2) is 15.7. The van der Waals surface area contributed by atoms with Crippen molar-refractivity contribution in [2.45, 2.75) is 51.6 Å². The van der Waals surface area contributed by atoms with Gasteiger partial charge < -0.3 is 24.8 Å². The van der Waals surface area contributed by atoms with Crippen LogP contribution in [0.2, 0.25) is 0 Å². The maximum absolute atomic E-state index is 13.5. The van der Waals surface area contributed by atoms with E-state index in [9.17, 15) is 19.2 Å². The molecule has 0 saturated carbocycles. The Labute approximate surface area is 272 Å². The lowest BCUT2D eigenvalue weighted by Crippen LogP contribution is -2.25. The molecule has 0 unspecified atom stereocenters. The Kier molecular flexibility index (Phi) is 11.7. The van der Waals surface area contributed by atoms with Gasteiger partial charge in [-0.2, -0.15) is 0 Å². The highest BCUT2D eigenvalue weighted by atomic mass is 32.2. The van der Waals surface area contributed by atoms with Gasteiger partial charge in [0.05, 0.1) is 42.1 Å². The minimum absolute atomic E-state index is 0.0894. The molecule has 2 N–H and O–H groups in total. The van der Waals surface area contributed by atoms with Crippen molar-refractivity contribution in [1.29, 1.82) is 0 Å². The molecule has 3 aromatic heterocycles. The average molecular weight is 672 g/mol. The standard InChI is InChI=1S/C30H33N5O7S3/c1-6-40-20-13-11-19(12-14-20)35-22(16-31-26(37)21-10-9-15-43-21)33-34-30(35)44-18(5)25(36)32-27-23(28(38)41-7-2)17(4)24(45-27)29(39)42-8-3/h9-15,18H,6-8,16H2,1-5H3,(H,31,37)(H,32,36)/t18-/m1/s1. The van der Waals surface area contributed by atoms with Crippen molar-refractivity contribution in [3.8, 4) is 11.4 Å². The number of thioether (sulfide) groups is 1. The quantitative estimate of drug-likeness (QED) is 0.130. The molecule has 1 aromatic carbocycles. The highest BCUT2D eigenvalue weighted by Gasteiger charge is 2.29. The first kappa shape index (κ1) is 33.7. The first-order valence-corrected chi connectivity index (χ1v) is 16.7. The van der Waals surface area contributed by atoms with Crippen LogP contribution in [0, 0.1) is 6.92 Å². The molecule has 4 aromatic rings. The lowest BCUT2D eigenvalue weighted by atomic mass is 10.1. The fourth-order valence-corrected chi connectivity index (χ4v) is 6.75. The molecule has 3 heterocycles. The molecule has 12 nitrogen and oxygen atoms in total. The SMILES string of the molecule is CCOC(=O)c1sc(NC(=O)[C@@H](C)Sc2nnc(CNC(=O)c3cccs3)n2-c2ccc(OCC)cc2)c(C(=O)OCC)c1C. The molecule has 0 saturated heterocycles. The minimum atomic E-state index is -0.715. The molecule has 4 rings (SSSR count). The van der Waals surface area contributed by atoms with Crippen LogP contribution in [0.15, 0.2) is 46.9 Å². The number of hydrogen-bond acceptors (Lipinski definition) is 12. The number of benzene rings is 1. The van der Waals surface area contributed by atoms with E-state index in [1.54, 1.807) is 44.4 Å². The van der Waals surface area contributed by atoms with Crippen LogP contribution in [0.1, 0.15) is 68.8 Å². The van der Waals surface area contributed by atoms with Crippen molar-refractivity contribution in [2.24, 2.45) is 0 Å². The van der Waals surface area contributed by atoms with E-state index in [1.807, 2.05) is 36.6 Å². The molecule has 2 amide bonds. The predicted molar refractivity (Wildman–Crippen MR) is 173 cm³/mol. The maximum atomic E-state index is 13.5. The van der Waals surface area contributed by atoms with E-state index in [4.69, 9.17) is 14.2 Å². The smallest absolute Gasteiger partial charge is 0.348 e. The lowest BCUT2D eigenvalue weighted by Gasteiger charge is -2.15. The maximum Gasteiger partial charge on any atom is 0.348 e. The van der Waals surface area contributed by atoms with Gasteiger partial charge in [0.2, 0.25) is 5.91 Å². The van der Waals surface area contributed by atoms with E-state index in [2.05, 4.69) is 20.8 Å². The van der Waals surface area contributed by atoms with Gasteiger partial charge >= 0.3 is 11.9 Å². The zero-order chi connectivity index (χ0) is 32.5. The first-order valence-electron chi connectivity index (χ1n) is 14.1. The molecule has 0 aliphatic heterocycles. The van der Waals surface area contributed by atoms with Crippen molar-refractivity contribution >= 4 is 63.2 Å². The summed E-state index contributed by atoms with van der Waals surface area (Å²) in [6.07, 6.45) is 0. The van der Waals surface area contributed by atoms with Crippen LogP contribution in [-0.4, -0.2) is 63.6 Å². The van der Waals surface area contributed by atoms with Crippen molar-refractivity contribution < 1.29 is 33.4 Å². The number of esters is 2. The third-order valence-electron chi connectivity index (χ3n) is 6.23. The molecule has 1 atom stereocenters. The Balaban J connectivity index is 1.59. The van der Waals surface area contributed by atoms with Gasteiger partial charge in [0.15, 0.2) is 11.0 Å². The third kappa shape index (κ3) is 8.09. The van der Waals surface area contributed by atoms with Crippen molar-refractivity contribution in [2.75, 3.05) is 25.1 Å². The number of nitrogens with zero attached hydrogens (tertiary/aromatic N) is 3. The lowest BCUT2D eigenvalue weighted by molar-refractivity contribution is -0.115. The van der Waals surface area contributed by atoms with Crippen molar-refractivity contribution in [3.05, 3.63) is 68.5 Å². The Bertz CT molecular complexity index is 1650. The van der Waals surface area contributed by atoms with E-state index in [0.717, 1.165) is 23.1 Å². The fraction of sp³-hybridized carbons (Fsp3) is 0.333. The molecule has 0 bridgehead atoms. The summed E-state index contributed by atoms with van der Waals surface area (Å²) in [6.45, 7) is 9.44. The van der Waals surface area contributed by atoms with Crippen LogP contribution in [0.3, 0.4) is 0 Å². The van der Waals surface area contributed by atoms with Gasteiger partial charge in [0, 0.05) is 5.69 Å². The second-order valence-corrected chi connectivity index (χ2v) is 12.5. The van der Waals surface area contributed by atoms with Gasteiger partial charge in [-0.1, -0.05) is 17.8 Å². The number of carbonyl (C=O) groups is 4. The Morgan fingerprint density at radius 2 is 1.69 bits per heavy atom. The molecular formula is C30H33N5O7S3. The summed E-state index contributed by atoms with van der Waals surface area (Å²) < 4.78 is 17.7. The Morgan fingerprint density at radius 3 is 2.33 bits per heavy atom. The van der Waals surface area contributed by atoms with Gasteiger partial charge in [-0.25, -0.2) is 9.59 Å². The van der Waals surface area contributed by atoms with Crippen molar-refractivity contribution in [3.63, 3.8) is 0 Å². The molecule has 45 heavy (non-hydrogen) atoms. The molecule has 0 spiro atoms. The van der Waals surface area contributed by atoms with Gasteiger partial charge in [0.1, 0.15) is 15.6 Å². The molecular weight excluding hydrogens is 639 g/mol. The number of ether oxygens (including phenoxy) is 3. The number of thiophene rings is 2. The van der Waals surface area contributed by atoms with Gasteiger partial charge in [-0.15, -0.1) is 32.9 Å². The van der Waals surface area contributed by atoms with E-state index in [-0.39, 0.29) is 41.1 Å². The number of rotatable bonds is 14. The number of aromatic nitrogens is 3. The van der Waals surface area contributed by atoms with Crippen LogP contribution in [-0.2, 0) is 20.8 Å². The molecule has 0 radical (unpaired) electrons. The number of nitrogens with one attached hydrogen (secondary N) is 2. The van der Waals surface area contributed by atoms with Crippen LogP contribution in [0.5, 0.6) is 5.75 Å². The monoisotopic (exact) mass is 671 g/mol. The topological polar surface area (TPSA) is 151 Å². The number of anilines is 1. The average Bonchev–Trinajstić information content (AvgIpc) is 3.76. The number of carbonyl (C=O) groups excluding carboxylic acids is 4. The van der Waals surface area contributed by atoms with E-state index >= 15 is 0 Å². The summed E-state index contributed by atoms with van der Waals surface area (Å²) in [6, 6.07) is 10.8. The first-order chi connectivity index (χ1) is 21.7. The van der Waals surface area contributed by atoms with Crippen LogP contribution in [0.25, 0.3) is 5.69 Å². The number of amides is 2. The van der Waals surface area contributed by atoms with Gasteiger partial charge in [-0.05, 0) is 75.9 Å². The normalized spacial score (nSPS) is 11.5. The predicted octanol–water partition coefficient (Wildman–Crippen LogP) is 5.50. The molecule has 0 fully saturated rings. The van der Waals surface area contributed by atoms with Gasteiger partial charge in [-0.3, -0.25) is 14.2 Å². The molecule has 0 aliphatic carbocycles. The van der Waals surface area contributed by atoms with Crippen molar-refractivity contribution in [1.82, 2.24) is 20.1 Å². The summed E-state index contributed by atoms with van der Waals surface area (Å²) in [7, 11) is 0. The summed E-state index contributed by atoms with van der Waals surface area (Å²) in [5.41, 5.74) is 1.19. The Hall–Kier alpha value is -4.21. The highest BCUT2D eigenvalue weighted by molar-refractivity contribution is 8.00. The van der Waals surface area contributed by atoms with E-state index in [1.165, 1.54) is 11.3 Å². The second-order valence-electron chi connectivity index (χ2n) is 9.27. The summed E-state index contributed by atoms with van der Waals surface area (Å²) >= 11 is 3.43. The zero-order valence-corrected chi connectivity index (χ0v) is 27.8. The molecule has 15 heteroatoms. The summed E-state index contributed by atoms with van der Waals surface area (Å²) in [4.78, 5) is 52.2. The zero-order valence-electron chi connectivity index (χ0n) is 25.4. The Morgan fingerprint density at radius 1 is 0.978 bits per heavy atom. The third-order valence-corrected chi connectivity index (χ3v) is 9.33. The largest absolute Gasteiger partial charge is 0.494 e. The van der Waals surface area contributed by atoms with Crippen LogP contribution in [0.4, 0.5) is 5.00 Å². The molecule has 238 valence electrons. The van der Waals surface area contributed by atoms with Crippen LogP contribution >= 0.6 is 34.4 Å².